The van der Waals surface area contributed by atoms with Crippen molar-refractivity contribution in [2.24, 2.45) is 5.92 Å². The van der Waals surface area contributed by atoms with Crippen LogP contribution in [0.5, 0.6) is 0 Å². The molecule has 0 amide bonds. The lowest BCUT2D eigenvalue weighted by atomic mass is 9.80. The third-order valence-electron chi connectivity index (χ3n) is 6.05. The van der Waals surface area contributed by atoms with Gasteiger partial charge in [0.15, 0.2) is 0 Å². The Labute approximate surface area is 177 Å². The van der Waals surface area contributed by atoms with Gasteiger partial charge in [0.05, 0.1) is 0 Å². The van der Waals surface area contributed by atoms with Gasteiger partial charge in [0.25, 0.3) is 0 Å². The van der Waals surface area contributed by atoms with Crippen molar-refractivity contribution < 1.29 is 19.0 Å². The Hall–Kier alpha value is -2.66. The molecule has 0 bridgehead atoms. The van der Waals surface area contributed by atoms with Gasteiger partial charge >= 0.3 is 5.97 Å². The van der Waals surface area contributed by atoms with Gasteiger partial charge in [-0.05, 0) is 55.0 Å². The highest BCUT2D eigenvalue weighted by Crippen LogP contribution is 2.38. The number of nitrogens with zero attached hydrogens (tertiary/aromatic N) is 1. The fraction of sp³-hybridized carbons (Fsp3) is 0.400. The third-order valence-corrected chi connectivity index (χ3v) is 6.05. The van der Waals surface area contributed by atoms with E-state index in [1.165, 1.54) is 6.08 Å². The molecule has 1 aromatic heterocycles. The first-order chi connectivity index (χ1) is 14.3. The van der Waals surface area contributed by atoms with E-state index in [0.717, 1.165) is 22.5 Å². The molecular formula is C25H30FNO3. The zero-order valence-corrected chi connectivity index (χ0v) is 18.0. The van der Waals surface area contributed by atoms with Gasteiger partial charge in [0.1, 0.15) is 11.9 Å². The fourth-order valence-corrected chi connectivity index (χ4v) is 4.32. The molecule has 0 saturated carbocycles. The van der Waals surface area contributed by atoms with Crippen LogP contribution >= 0.6 is 0 Å². The van der Waals surface area contributed by atoms with E-state index in [2.05, 4.69) is 43.5 Å². The monoisotopic (exact) mass is 411 g/mol. The third kappa shape index (κ3) is 4.57. The minimum absolute atomic E-state index is 0.0186. The van der Waals surface area contributed by atoms with E-state index in [4.69, 9.17) is 9.84 Å². The van der Waals surface area contributed by atoms with Gasteiger partial charge in [0.2, 0.25) is 0 Å². The topological polar surface area (TPSA) is 51.5 Å². The first-order valence-corrected chi connectivity index (χ1v) is 10.4. The van der Waals surface area contributed by atoms with E-state index < -0.39 is 12.1 Å². The molecule has 1 aliphatic rings. The second-order valence-corrected chi connectivity index (χ2v) is 8.16. The molecular weight excluding hydrogens is 381 g/mol. The predicted molar refractivity (Wildman–Crippen MR) is 117 cm³/mol. The zero-order valence-electron chi connectivity index (χ0n) is 18.0. The Morgan fingerprint density at radius 2 is 2.07 bits per heavy atom. The van der Waals surface area contributed by atoms with Gasteiger partial charge in [-0.15, -0.1) is 0 Å². The molecule has 0 aliphatic heterocycles. The van der Waals surface area contributed by atoms with Crippen LogP contribution in [0.2, 0.25) is 0 Å². The molecule has 0 spiro atoms. The highest BCUT2D eigenvalue weighted by molar-refractivity contribution is 5.66. The predicted octanol–water partition coefficient (Wildman–Crippen LogP) is 5.91. The molecule has 0 saturated heterocycles. The van der Waals surface area contributed by atoms with E-state index in [1.807, 2.05) is 24.4 Å². The number of carboxylic acids is 1. The molecule has 2 aromatic rings. The smallest absolute Gasteiger partial charge is 0.303 e. The number of methoxy groups -OCH3 is 1. The number of aryl methyl sites for hydroxylation is 1. The SMILES string of the molecule is COC1C(F)=CC=CC1C(C)c1cc(C)ccc1-n1cccc1C(C)CCC(=O)O. The summed E-state index contributed by atoms with van der Waals surface area (Å²) in [6, 6.07) is 10.4. The molecule has 4 unspecified atom stereocenters. The van der Waals surface area contributed by atoms with Crippen LogP contribution in [0.1, 0.15) is 55.3 Å². The van der Waals surface area contributed by atoms with E-state index in [1.54, 1.807) is 13.2 Å². The first kappa shape index (κ1) is 22.0. The molecule has 1 heterocycles. The van der Waals surface area contributed by atoms with Crippen LogP contribution in [0.25, 0.3) is 5.69 Å². The molecule has 3 rings (SSSR count). The Bertz CT molecular complexity index is 959. The minimum Gasteiger partial charge on any atom is -0.481 e. The molecule has 5 heteroatoms. The van der Waals surface area contributed by atoms with Crippen molar-refractivity contribution in [1.82, 2.24) is 4.57 Å². The summed E-state index contributed by atoms with van der Waals surface area (Å²) in [6.07, 6.45) is 7.36. The largest absolute Gasteiger partial charge is 0.481 e. The number of hydrogen-bond acceptors (Lipinski definition) is 2. The number of ether oxygens (including phenoxy) is 1. The molecule has 0 radical (unpaired) electrons. The summed E-state index contributed by atoms with van der Waals surface area (Å²) in [5.74, 6) is -1.04. The van der Waals surface area contributed by atoms with Crippen LogP contribution in [-0.4, -0.2) is 28.9 Å². The van der Waals surface area contributed by atoms with Gasteiger partial charge in [-0.3, -0.25) is 4.79 Å². The lowest BCUT2D eigenvalue weighted by Gasteiger charge is -2.31. The quantitative estimate of drug-likeness (QED) is 0.587. The van der Waals surface area contributed by atoms with Gasteiger partial charge < -0.3 is 14.4 Å². The van der Waals surface area contributed by atoms with Crippen molar-refractivity contribution in [1.29, 1.82) is 0 Å². The van der Waals surface area contributed by atoms with Crippen molar-refractivity contribution in [2.75, 3.05) is 7.11 Å². The number of rotatable bonds is 8. The normalized spacial score (nSPS) is 20.6. The number of carbonyl (C=O) groups is 1. The number of carboxylic acid groups (broad SMARTS) is 1. The van der Waals surface area contributed by atoms with E-state index in [-0.39, 0.29) is 30.0 Å². The number of hydrogen-bond donors (Lipinski definition) is 1. The number of aliphatic carboxylic acids is 1. The van der Waals surface area contributed by atoms with E-state index >= 15 is 0 Å². The summed E-state index contributed by atoms with van der Waals surface area (Å²) in [6.45, 7) is 6.21. The van der Waals surface area contributed by atoms with Crippen molar-refractivity contribution in [3.63, 3.8) is 0 Å². The van der Waals surface area contributed by atoms with Crippen LogP contribution in [0.4, 0.5) is 4.39 Å². The maximum atomic E-state index is 14.4. The fourth-order valence-electron chi connectivity index (χ4n) is 4.32. The van der Waals surface area contributed by atoms with Crippen LogP contribution in [0.3, 0.4) is 0 Å². The lowest BCUT2D eigenvalue weighted by molar-refractivity contribution is -0.137. The molecule has 30 heavy (non-hydrogen) atoms. The highest BCUT2D eigenvalue weighted by atomic mass is 19.1. The summed E-state index contributed by atoms with van der Waals surface area (Å²) in [5.41, 5.74) is 4.36. The number of halogens is 1. The second-order valence-electron chi connectivity index (χ2n) is 8.16. The Kier molecular flexibility index (Phi) is 6.93. The van der Waals surface area contributed by atoms with Crippen LogP contribution in [-0.2, 0) is 9.53 Å². The Balaban J connectivity index is 2.00. The Morgan fingerprint density at radius 3 is 2.77 bits per heavy atom. The van der Waals surface area contributed by atoms with Gasteiger partial charge in [-0.1, -0.05) is 43.7 Å². The van der Waals surface area contributed by atoms with Crippen molar-refractivity contribution >= 4 is 5.97 Å². The summed E-state index contributed by atoms with van der Waals surface area (Å²) in [7, 11) is 1.54. The first-order valence-electron chi connectivity index (χ1n) is 10.4. The average Bonchev–Trinajstić information content (AvgIpc) is 3.21. The van der Waals surface area contributed by atoms with Gasteiger partial charge in [-0.2, -0.15) is 0 Å². The average molecular weight is 412 g/mol. The number of benzene rings is 1. The second kappa shape index (κ2) is 9.43. The van der Waals surface area contributed by atoms with Gasteiger partial charge in [0, 0.05) is 37.0 Å². The molecule has 1 N–H and O–H groups in total. The maximum absolute atomic E-state index is 14.4. The maximum Gasteiger partial charge on any atom is 0.303 e. The van der Waals surface area contributed by atoms with Crippen molar-refractivity contribution in [3.8, 4) is 5.69 Å². The summed E-state index contributed by atoms with van der Waals surface area (Å²) >= 11 is 0. The van der Waals surface area contributed by atoms with E-state index in [0.29, 0.717) is 6.42 Å². The molecule has 4 nitrogen and oxygen atoms in total. The van der Waals surface area contributed by atoms with Crippen LogP contribution < -0.4 is 0 Å². The summed E-state index contributed by atoms with van der Waals surface area (Å²) in [5, 5.41) is 9.05. The molecule has 160 valence electrons. The number of aromatic nitrogens is 1. The number of allylic oxidation sites excluding steroid dienone is 2. The van der Waals surface area contributed by atoms with E-state index in [9.17, 15) is 9.18 Å². The minimum atomic E-state index is -0.783. The summed E-state index contributed by atoms with van der Waals surface area (Å²) in [4.78, 5) is 11.0. The van der Waals surface area contributed by atoms with Crippen LogP contribution in [0.15, 0.2) is 60.6 Å². The van der Waals surface area contributed by atoms with Gasteiger partial charge in [-0.25, -0.2) is 4.39 Å². The van der Waals surface area contributed by atoms with Crippen molar-refractivity contribution in [2.45, 2.75) is 51.6 Å². The highest BCUT2D eigenvalue weighted by Gasteiger charge is 2.32. The molecule has 1 aliphatic carbocycles. The zero-order chi connectivity index (χ0) is 21.8. The van der Waals surface area contributed by atoms with Crippen LogP contribution in [0, 0.1) is 12.8 Å². The summed E-state index contributed by atoms with van der Waals surface area (Å²) < 4.78 is 22.0. The molecule has 1 aromatic carbocycles. The standard InChI is InChI=1S/C25H30FNO3/c1-16-10-12-23(27-14-6-9-22(27)17(2)11-13-24(28)29)20(15-16)18(3)19-7-5-8-21(26)25(19)30-4/h5-10,12,14-15,17-19,25H,11,13H2,1-4H3,(H,28,29). The Morgan fingerprint density at radius 1 is 1.30 bits per heavy atom. The lowest BCUT2D eigenvalue weighted by Crippen LogP contribution is -2.28. The molecule has 4 atom stereocenters. The van der Waals surface area contributed by atoms with Crippen molar-refractivity contribution in [3.05, 3.63) is 77.4 Å². The molecule has 0 fully saturated rings.